The van der Waals surface area contributed by atoms with Gasteiger partial charge in [0.2, 0.25) is 0 Å². The molecule has 10 heteroatoms. The lowest BCUT2D eigenvalue weighted by Gasteiger charge is -2.40. The number of nitrogens with zero attached hydrogens (tertiary/aromatic N) is 2. The number of rotatable bonds is 4. The van der Waals surface area contributed by atoms with Gasteiger partial charge in [0.15, 0.2) is 19.7 Å². The van der Waals surface area contributed by atoms with Crippen LogP contribution in [0.25, 0.3) is 0 Å². The minimum atomic E-state index is -3.94. The van der Waals surface area contributed by atoms with Crippen LogP contribution in [-0.4, -0.2) is 70.7 Å². The third-order valence-corrected chi connectivity index (χ3v) is 9.92. The van der Waals surface area contributed by atoms with Crippen molar-refractivity contribution in [2.75, 3.05) is 42.6 Å². The molecule has 2 aromatic rings. The van der Waals surface area contributed by atoms with Crippen LogP contribution in [0.4, 0.5) is 14.5 Å². The summed E-state index contributed by atoms with van der Waals surface area (Å²) in [6.07, 6.45) is 0. The predicted molar refractivity (Wildman–Crippen MR) is 110 cm³/mol. The molecule has 2 fully saturated rings. The Bertz CT molecular complexity index is 1110. The van der Waals surface area contributed by atoms with E-state index in [1.807, 2.05) is 4.90 Å². The van der Waals surface area contributed by atoms with Crippen LogP contribution >= 0.6 is 0 Å². The number of sulfone groups is 2. The Kier molecular flexibility index (Phi) is 5.58. The van der Waals surface area contributed by atoms with E-state index < -0.39 is 42.5 Å². The molecule has 0 aliphatic carbocycles. The van der Waals surface area contributed by atoms with Crippen LogP contribution in [-0.2, 0) is 19.7 Å². The van der Waals surface area contributed by atoms with Gasteiger partial charge in [-0.1, -0.05) is 0 Å². The second kappa shape index (κ2) is 7.90. The summed E-state index contributed by atoms with van der Waals surface area (Å²) in [6, 6.07) is 9.98. The highest BCUT2D eigenvalue weighted by atomic mass is 32.2. The maximum Gasteiger partial charge on any atom is 0.183 e. The lowest BCUT2D eigenvalue weighted by Crippen LogP contribution is -2.55. The van der Waals surface area contributed by atoms with Crippen LogP contribution in [0.2, 0.25) is 0 Å². The van der Waals surface area contributed by atoms with Crippen LogP contribution in [0.5, 0.6) is 0 Å². The Morgan fingerprint density at radius 2 is 1.33 bits per heavy atom. The second-order valence-electron chi connectivity index (χ2n) is 7.68. The number of anilines is 1. The fraction of sp³-hybridized carbons (Fsp3) is 0.400. The standard InChI is InChI=1S/C20H22F2N2O4S2/c21-15-1-5-17(6-2-15)23-9-11-24(12-10-23)19-13-29(25,26)14-20(19)30(27,28)18-7-3-16(22)4-8-18/h1-8,19-20H,9-14H2. The number of hydrogen-bond donors (Lipinski definition) is 0. The molecule has 2 saturated heterocycles. The lowest BCUT2D eigenvalue weighted by molar-refractivity contribution is 0.201. The molecule has 162 valence electrons. The van der Waals surface area contributed by atoms with Gasteiger partial charge in [-0.25, -0.2) is 25.6 Å². The topological polar surface area (TPSA) is 74.8 Å². The molecular formula is C20H22F2N2O4S2. The Hall–Kier alpha value is -2.04. The summed E-state index contributed by atoms with van der Waals surface area (Å²) in [6.45, 7) is 2.14. The smallest absolute Gasteiger partial charge is 0.183 e. The molecule has 0 saturated carbocycles. The van der Waals surface area contributed by atoms with Gasteiger partial charge in [0.1, 0.15) is 11.6 Å². The zero-order chi connectivity index (χ0) is 21.5. The van der Waals surface area contributed by atoms with Crippen LogP contribution in [0.1, 0.15) is 0 Å². The highest BCUT2D eigenvalue weighted by Gasteiger charge is 2.48. The molecule has 2 aliphatic heterocycles. The van der Waals surface area contributed by atoms with Gasteiger partial charge in [0.25, 0.3) is 0 Å². The van der Waals surface area contributed by atoms with E-state index in [-0.39, 0.29) is 16.5 Å². The van der Waals surface area contributed by atoms with Crippen LogP contribution < -0.4 is 4.90 Å². The fourth-order valence-corrected chi connectivity index (χ4v) is 9.03. The van der Waals surface area contributed by atoms with Gasteiger partial charge in [-0.3, -0.25) is 4.90 Å². The van der Waals surface area contributed by atoms with Crippen molar-refractivity contribution in [1.29, 1.82) is 0 Å². The van der Waals surface area contributed by atoms with Crippen molar-refractivity contribution in [3.63, 3.8) is 0 Å². The minimum Gasteiger partial charge on any atom is -0.369 e. The van der Waals surface area contributed by atoms with Gasteiger partial charge in [-0.15, -0.1) is 0 Å². The maximum absolute atomic E-state index is 13.2. The molecule has 2 unspecified atom stereocenters. The van der Waals surface area contributed by atoms with E-state index in [1.165, 1.54) is 24.3 Å². The first-order valence-corrected chi connectivity index (χ1v) is 13.0. The summed E-state index contributed by atoms with van der Waals surface area (Å²) in [5, 5.41) is -1.09. The third kappa shape index (κ3) is 4.21. The van der Waals surface area contributed by atoms with Gasteiger partial charge in [-0.2, -0.15) is 0 Å². The molecule has 0 bridgehead atoms. The monoisotopic (exact) mass is 456 g/mol. The van der Waals surface area contributed by atoms with Gasteiger partial charge in [0, 0.05) is 37.9 Å². The van der Waals surface area contributed by atoms with Crippen molar-refractivity contribution < 1.29 is 25.6 Å². The van der Waals surface area contributed by atoms with Gasteiger partial charge in [-0.05, 0) is 48.5 Å². The van der Waals surface area contributed by atoms with E-state index in [1.54, 1.807) is 12.1 Å². The first kappa shape index (κ1) is 21.2. The van der Waals surface area contributed by atoms with Crippen molar-refractivity contribution in [3.8, 4) is 0 Å². The molecule has 4 rings (SSSR count). The lowest BCUT2D eigenvalue weighted by atomic mass is 10.1. The third-order valence-electron chi connectivity index (χ3n) is 5.79. The van der Waals surface area contributed by atoms with Crippen molar-refractivity contribution in [2.24, 2.45) is 0 Å². The van der Waals surface area contributed by atoms with Crippen molar-refractivity contribution in [1.82, 2.24) is 4.90 Å². The predicted octanol–water partition coefficient (Wildman–Crippen LogP) is 1.73. The number of piperazine rings is 1. The number of hydrogen-bond acceptors (Lipinski definition) is 6. The summed E-state index contributed by atoms with van der Waals surface area (Å²) in [5.41, 5.74) is 0.866. The average Bonchev–Trinajstić information content (AvgIpc) is 3.05. The van der Waals surface area contributed by atoms with Crippen molar-refractivity contribution in [3.05, 3.63) is 60.2 Å². The quantitative estimate of drug-likeness (QED) is 0.653. The van der Waals surface area contributed by atoms with E-state index in [0.717, 1.165) is 17.8 Å². The van der Waals surface area contributed by atoms with Crippen molar-refractivity contribution >= 4 is 25.4 Å². The molecular weight excluding hydrogens is 434 g/mol. The Morgan fingerprint density at radius 3 is 1.90 bits per heavy atom. The molecule has 30 heavy (non-hydrogen) atoms. The largest absolute Gasteiger partial charge is 0.369 e. The Labute approximate surface area is 174 Å². The summed E-state index contributed by atoms with van der Waals surface area (Å²) < 4.78 is 77.3. The molecule has 0 radical (unpaired) electrons. The molecule has 6 nitrogen and oxygen atoms in total. The molecule has 0 spiro atoms. The van der Waals surface area contributed by atoms with E-state index >= 15 is 0 Å². The molecule has 2 atom stereocenters. The van der Waals surface area contributed by atoms with Gasteiger partial charge >= 0.3 is 0 Å². The number of halogens is 2. The summed E-state index contributed by atoms with van der Waals surface area (Å²) in [4.78, 5) is 3.90. The molecule has 2 aliphatic rings. The van der Waals surface area contributed by atoms with E-state index in [4.69, 9.17) is 0 Å². The van der Waals surface area contributed by atoms with E-state index in [2.05, 4.69) is 4.90 Å². The number of benzene rings is 2. The minimum absolute atomic E-state index is 0.0686. The average molecular weight is 457 g/mol. The van der Waals surface area contributed by atoms with Crippen molar-refractivity contribution in [2.45, 2.75) is 16.2 Å². The summed E-state index contributed by atoms with van der Waals surface area (Å²) in [7, 11) is -7.45. The first-order chi connectivity index (χ1) is 14.2. The van der Waals surface area contributed by atoms with E-state index in [0.29, 0.717) is 26.2 Å². The fourth-order valence-electron chi connectivity index (χ4n) is 4.20. The summed E-state index contributed by atoms with van der Waals surface area (Å²) in [5.74, 6) is -1.52. The molecule has 2 aromatic carbocycles. The highest BCUT2D eigenvalue weighted by Crippen LogP contribution is 2.30. The highest BCUT2D eigenvalue weighted by molar-refractivity contribution is 7.96. The SMILES string of the molecule is O=S1(=O)CC(N2CCN(c3ccc(F)cc3)CC2)C(S(=O)(=O)c2ccc(F)cc2)C1. The van der Waals surface area contributed by atoms with Crippen LogP contribution in [0, 0.1) is 11.6 Å². The van der Waals surface area contributed by atoms with Gasteiger partial charge in [0.05, 0.1) is 21.7 Å². The second-order valence-corrected chi connectivity index (χ2v) is 12.0. The maximum atomic E-state index is 13.2. The molecule has 0 amide bonds. The van der Waals surface area contributed by atoms with Crippen LogP contribution in [0.3, 0.4) is 0 Å². The first-order valence-electron chi connectivity index (χ1n) is 9.60. The van der Waals surface area contributed by atoms with E-state index in [9.17, 15) is 25.6 Å². The Morgan fingerprint density at radius 1 is 0.800 bits per heavy atom. The Balaban J connectivity index is 1.53. The van der Waals surface area contributed by atoms with Gasteiger partial charge < -0.3 is 4.90 Å². The summed E-state index contributed by atoms with van der Waals surface area (Å²) >= 11 is 0. The molecule has 2 heterocycles. The zero-order valence-corrected chi connectivity index (χ0v) is 17.7. The molecule has 0 N–H and O–H groups in total. The zero-order valence-electron chi connectivity index (χ0n) is 16.1. The molecule has 0 aromatic heterocycles. The normalized spacial score (nSPS) is 24.8. The van der Waals surface area contributed by atoms with Crippen LogP contribution in [0.15, 0.2) is 53.4 Å².